The fourth-order valence-corrected chi connectivity index (χ4v) is 4.06. The first kappa shape index (κ1) is 14.5. The Morgan fingerprint density at radius 3 is 2.57 bits per heavy atom. The van der Waals surface area contributed by atoms with Gasteiger partial charge in [-0.2, -0.15) is 0 Å². The van der Waals surface area contributed by atoms with Crippen molar-refractivity contribution in [3.05, 3.63) is 65.7 Å². The standard InChI is InChI=1S/C17H20NO2P/c1-3-18(14(2)15-9-5-4-6-10-15)21-19-13-16-11-7-8-12-17(16)20-21/h4-12,14H,3,13H2,1-2H3. The van der Waals surface area contributed by atoms with E-state index >= 15 is 0 Å². The zero-order valence-electron chi connectivity index (χ0n) is 12.4. The van der Waals surface area contributed by atoms with Gasteiger partial charge < -0.3 is 9.05 Å². The molecule has 0 N–H and O–H groups in total. The molecular weight excluding hydrogens is 281 g/mol. The van der Waals surface area contributed by atoms with E-state index in [-0.39, 0.29) is 6.04 Å². The molecule has 1 heterocycles. The lowest BCUT2D eigenvalue weighted by Crippen LogP contribution is -2.26. The average molecular weight is 301 g/mol. The molecule has 0 fully saturated rings. The van der Waals surface area contributed by atoms with E-state index < -0.39 is 8.53 Å². The summed E-state index contributed by atoms with van der Waals surface area (Å²) in [4.78, 5) is 0. The number of hydrogen-bond acceptors (Lipinski definition) is 3. The number of nitrogens with zero attached hydrogens (tertiary/aromatic N) is 1. The largest absolute Gasteiger partial charge is 0.435 e. The SMILES string of the molecule is CCN(C(C)c1ccccc1)P1OCc2ccccc2O1. The summed E-state index contributed by atoms with van der Waals surface area (Å²) >= 11 is 0. The highest BCUT2D eigenvalue weighted by molar-refractivity contribution is 7.45. The third kappa shape index (κ3) is 3.11. The molecule has 2 aromatic carbocycles. The molecule has 1 aliphatic rings. The Hall–Kier alpha value is -1.41. The van der Waals surface area contributed by atoms with Gasteiger partial charge in [0, 0.05) is 18.2 Å². The van der Waals surface area contributed by atoms with Crippen LogP contribution in [0.1, 0.15) is 31.0 Å². The monoisotopic (exact) mass is 301 g/mol. The maximum absolute atomic E-state index is 6.10. The molecule has 3 rings (SSSR count). The third-order valence-electron chi connectivity index (χ3n) is 3.74. The Kier molecular flexibility index (Phi) is 4.54. The number of rotatable bonds is 4. The quantitative estimate of drug-likeness (QED) is 0.749. The summed E-state index contributed by atoms with van der Waals surface area (Å²) in [7, 11) is -1.05. The van der Waals surface area contributed by atoms with Gasteiger partial charge in [-0.15, -0.1) is 0 Å². The number of para-hydroxylation sites is 1. The molecular formula is C17H20NO2P. The Morgan fingerprint density at radius 1 is 1.10 bits per heavy atom. The van der Waals surface area contributed by atoms with Crippen molar-refractivity contribution in [2.75, 3.05) is 6.54 Å². The fourth-order valence-electron chi connectivity index (χ4n) is 2.51. The first-order valence-corrected chi connectivity index (χ1v) is 8.43. The highest BCUT2D eigenvalue weighted by Gasteiger charge is 2.31. The molecule has 0 saturated carbocycles. The summed E-state index contributed by atoms with van der Waals surface area (Å²) in [5, 5.41) is 0. The van der Waals surface area contributed by atoms with Gasteiger partial charge in [-0.05, 0) is 18.6 Å². The Labute approximate surface area is 127 Å². The van der Waals surface area contributed by atoms with E-state index in [0.29, 0.717) is 6.61 Å². The predicted molar refractivity (Wildman–Crippen MR) is 86.0 cm³/mol. The molecule has 0 amide bonds. The van der Waals surface area contributed by atoms with Gasteiger partial charge in [0.05, 0.1) is 6.61 Å². The van der Waals surface area contributed by atoms with Crippen molar-refractivity contribution in [2.24, 2.45) is 0 Å². The van der Waals surface area contributed by atoms with Crippen molar-refractivity contribution < 1.29 is 9.05 Å². The number of hydrogen-bond donors (Lipinski definition) is 0. The van der Waals surface area contributed by atoms with Crippen LogP contribution in [0.2, 0.25) is 0 Å². The summed E-state index contributed by atoms with van der Waals surface area (Å²) in [6.07, 6.45) is 0. The lowest BCUT2D eigenvalue weighted by molar-refractivity contribution is 0.214. The molecule has 21 heavy (non-hydrogen) atoms. The van der Waals surface area contributed by atoms with E-state index in [9.17, 15) is 0 Å². The first-order chi connectivity index (χ1) is 10.3. The lowest BCUT2D eigenvalue weighted by atomic mass is 10.1. The highest BCUT2D eigenvalue weighted by atomic mass is 31.2. The molecule has 3 nitrogen and oxygen atoms in total. The van der Waals surface area contributed by atoms with Crippen LogP contribution in [0.3, 0.4) is 0 Å². The lowest BCUT2D eigenvalue weighted by Gasteiger charge is -2.36. The zero-order valence-corrected chi connectivity index (χ0v) is 13.3. The van der Waals surface area contributed by atoms with E-state index in [4.69, 9.17) is 9.05 Å². The second-order valence-corrected chi connectivity index (χ2v) is 6.48. The minimum atomic E-state index is -1.05. The molecule has 110 valence electrons. The van der Waals surface area contributed by atoms with Gasteiger partial charge in [-0.3, -0.25) is 0 Å². The Balaban J connectivity index is 1.79. The van der Waals surface area contributed by atoms with Crippen LogP contribution in [-0.2, 0) is 11.1 Å². The summed E-state index contributed by atoms with van der Waals surface area (Å²) < 4.78 is 14.4. The molecule has 2 aromatic rings. The van der Waals surface area contributed by atoms with Gasteiger partial charge in [0.25, 0.3) is 0 Å². The molecule has 2 unspecified atom stereocenters. The van der Waals surface area contributed by atoms with E-state index in [0.717, 1.165) is 17.9 Å². The van der Waals surface area contributed by atoms with E-state index in [1.807, 2.05) is 24.3 Å². The van der Waals surface area contributed by atoms with Crippen molar-refractivity contribution in [1.29, 1.82) is 0 Å². The first-order valence-electron chi connectivity index (χ1n) is 7.30. The van der Waals surface area contributed by atoms with Crippen LogP contribution >= 0.6 is 8.53 Å². The molecule has 0 bridgehead atoms. The van der Waals surface area contributed by atoms with Crippen molar-refractivity contribution >= 4 is 8.53 Å². The van der Waals surface area contributed by atoms with Crippen LogP contribution in [0.15, 0.2) is 54.6 Å². The molecule has 4 heteroatoms. The van der Waals surface area contributed by atoms with Gasteiger partial charge in [0.2, 0.25) is 0 Å². The molecule has 2 atom stereocenters. The second-order valence-electron chi connectivity index (χ2n) is 5.05. The zero-order chi connectivity index (χ0) is 14.7. The van der Waals surface area contributed by atoms with Crippen LogP contribution in [-0.4, -0.2) is 11.2 Å². The smallest absolute Gasteiger partial charge is 0.321 e. The summed E-state index contributed by atoms with van der Waals surface area (Å²) in [6.45, 7) is 5.87. The topological polar surface area (TPSA) is 21.7 Å². The number of benzene rings is 2. The third-order valence-corrected chi connectivity index (χ3v) is 5.49. The molecule has 0 saturated heterocycles. The van der Waals surface area contributed by atoms with Gasteiger partial charge in [0.15, 0.2) is 0 Å². The van der Waals surface area contributed by atoms with Crippen molar-refractivity contribution in [2.45, 2.75) is 26.5 Å². The van der Waals surface area contributed by atoms with Gasteiger partial charge >= 0.3 is 8.53 Å². The summed E-state index contributed by atoms with van der Waals surface area (Å²) in [6, 6.07) is 18.9. The van der Waals surface area contributed by atoms with E-state index in [2.05, 4.69) is 48.8 Å². The van der Waals surface area contributed by atoms with E-state index in [1.165, 1.54) is 5.56 Å². The summed E-state index contributed by atoms with van der Waals surface area (Å²) in [5.74, 6) is 0.952. The molecule has 0 spiro atoms. The minimum absolute atomic E-state index is 0.271. The van der Waals surface area contributed by atoms with Crippen LogP contribution < -0.4 is 4.52 Å². The van der Waals surface area contributed by atoms with Crippen molar-refractivity contribution in [1.82, 2.24) is 4.67 Å². The molecule has 0 radical (unpaired) electrons. The minimum Gasteiger partial charge on any atom is -0.435 e. The average Bonchev–Trinajstić information content (AvgIpc) is 2.56. The molecule has 1 aliphatic heterocycles. The van der Waals surface area contributed by atoms with Crippen LogP contribution in [0.5, 0.6) is 5.75 Å². The van der Waals surface area contributed by atoms with Crippen molar-refractivity contribution in [3.8, 4) is 5.75 Å². The van der Waals surface area contributed by atoms with Crippen LogP contribution in [0, 0.1) is 0 Å². The maximum atomic E-state index is 6.10. The highest BCUT2D eigenvalue weighted by Crippen LogP contribution is 2.52. The second kappa shape index (κ2) is 6.57. The van der Waals surface area contributed by atoms with E-state index in [1.54, 1.807) is 0 Å². The number of fused-ring (bicyclic) bond motifs is 1. The van der Waals surface area contributed by atoms with Crippen LogP contribution in [0.4, 0.5) is 0 Å². The van der Waals surface area contributed by atoms with Gasteiger partial charge in [0.1, 0.15) is 5.75 Å². The van der Waals surface area contributed by atoms with Gasteiger partial charge in [-0.25, -0.2) is 4.67 Å². The molecule has 0 aromatic heterocycles. The van der Waals surface area contributed by atoms with Crippen LogP contribution in [0.25, 0.3) is 0 Å². The van der Waals surface area contributed by atoms with Gasteiger partial charge in [-0.1, -0.05) is 55.5 Å². The van der Waals surface area contributed by atoms with Crippen molar-refractivity contribution in [3.63, 3.8) is 0 Å². The normalized spacial score (nSPS) is 18.9. The maximum Gasteiger partial charge on any atom is 0.321 e. The summed E-state index contributed by atoms with van der Waals surface area (Å²) in [5.41, 5.74) is 2.41. The Morgan fingerprint density at radius 2 is 1.81 bits per heavy atom. The fraction of sp³-hybridized carbons (Fsp3) is 0.294. The predicted octanol–water partition coefficient (Wildman–Crippen LogP) is 4.91. The molecule has 0 aliphatic carbocycles. The Bertz CT molecular complexity index is 590.